The molecule has 2 aromatic rings. The molecule has 0 amide bonds. The van der Waals surface area contributed by atoms with Crippen LogP contribution in [0, 0.1) is 0 Å². The number of rotatable bonds is 8. The number of halogens is 1. The minimum Gasteiger partial charge on any atom is -0.497 e. The van der Waals surface area contributed by atoms with Crippen LogP contribution < -0.4 is 15.8 Å². The van der Waals surface area contributed by atoms with Crippen molar-refractivity contribution in [1.29, 1.82) is 0 Å². The molecule has 8 heteroatoms. The third kappa shape index (κ3) is 8.05. The molecule has 0 saturated heterocycles. The molecule has 0 bridgehead atoms. The van der Waals surface area contributed by atoms with Gasteiger partial charge in [-0.05, 0) is 36.2 Å². The fraction of sp³-hybridized carbons (Fsp3) is 0.278. The smallest absolute Gasteiger partial charge is 0.193 e. The second-order valence-corrected chi connectivity index (χ2v) is 7.74. The summed E-state index contributed by atoms with van der Waals surface area (Å²) >= 11 is 0. The number of methoxy groups -OCH3 is 1. The van der Waals surface area contributed by atoms with Crippen LogP contribution in [0.5, 0.6) is 5.75 Å². The van der Waals surface area contributed by atoms with Gasteiger partial charge in [0.15, 0.2) is 15.8 Å². The lowest BCUT2D eigenvalue weighted by molar-refractivity contribution is 0.415. The van der Waals surface area contributed by atoms with Crippen molar-refractivity contribution in [2.24, 2.45) is 10.7 Å². The highest BCUT2D eigenvalue weighted by atomic mass is 127. The summed E-state index contributed by atoms with van der Waals surface area (Å²) in [7, 11) is -1.54. The molecule has 0 saturated carbocycles. The summed E-state index contributed by atoms with van der Waals surface area (Å²) in [5.74, 6) is 1.15. The van der Waals surface area contributed by atoms with E-state index < -0.39 is 9.84 Å². The number of aliphatic imine (C=N–C) groups is 1. The van der Waals surface area contributed by atoms with Gasteiger partial charge in [-0.25, -0.2) is 8.42 Å². The van der Waals surface area contributed by atoms with E-state index >= 15 is 0 Å². The van der Waals surface area contributed by atoms with Crippen LogP contribution in [-0.2, 0) is 15.6 Å². The molecule has 142 valence electrons. The van der Waals surface area contributed by atoms with Gasteiger partial charge >= 0.3 is 0 Å². The van der Waals surface area contributed by atoms with Gasteiger partial charge in [0.25, 0.3) is 0 Å². The lowest BCUT2D eigenvalue weighted by Crippen LogP contribution is -2.23. The maximum Gasteiger partial charge on any atom is 0.193 e. The lowest BCUT2D eigenvalue weighted by atomic mass is 10.2. The van der Waals surface area contributed by atoms with E-state index in [1.165, 1.54) is 0 Å². The van der Waals surface area contributed by atoms with Crippen LogP contribution in [0.2, 0.25) is 0 Å². The minimum absolute atomic E-state index is 0. The predicted octanol–water partition coefficient (Wildman–Crippen LogP) is 3.04. The predicted molar refractivity (Wildman–Crippen MR) is 117 cm³/mol. The highest BCUT2D eigenvalue weighted by Gasteiger charge is 2.11. The molecule has 26 heavy (non-hydrogen) atoms. The number of sulfone groups is 1. The average molecular weight is 489 g/mol. The molecule has 2 rings (SSSR count). The van der Waals surface area contributed by atoms with Crippen molar-refractivity contribution in [2.75, 3.05) is 24.7 Å². The fourth-order valence-corrected chi connectivity index (χ4v) is 3.66. The van der Waals surface area contributed by atoms with Crippen LogP contribution in [0.25, 0.3) is 0 Å². The normalized spacial score (nSPS) is 11.5. The number of anilines is 1. The number of hydrogen-bond donors (Lipinski definition) is 2. The number of benzene rings is 2. The Kier molecular flexibility index (Phi) is 9.42. The van der Waals surface area contributed by atoms with E-state index in [4.69, 9.17) is 10.5 Å². The van der Waals surface area contributed by atoms with Crippen LogP contribution in [0.1, 0.15) is 12.0 Å². The van der Waals surface area contributed by atoms with Crippen LogP contribution in [0.15, 0.2) is 59.6 Å². The van der Waals surface area contributed by atoms with E-state index in [1.807, 2.05) is 54.6 Å². The second kappa shape index (κ2) is 11.0. The summed E-state index contributed by atoms with van der Waals surface area (Å²) in [6.45, 7) is 0.350. The highest BCUT2D eigenvalue weighted by Crippen LogP contribution is 2.14. The van der Waals surface area contributed by atoms with Gasteiger partial charge in [-0.15, -0.1) is 24.0 Å². The molecule has 0 atom stereocenters. The Morgan fingerprint density at radius 2 is 1.77 bits per heavy atom. The van der Waals surface area contributed by atoms with Gasteiger partial charge in [0, 0.05) is 12.2 Å². The van der Waals surface area contributed by atoms with Gasteiger partial charge in [-0.1, -0.05) is 30.3 Å². The minimum atomic E-state index is -3.14. The van der Waals surface area contributed by atoms with Crippen molar-refractivity contribution >= 4 is 45.5 Å². The van der Waals surface area contributed by atoms with Crippen molar-refractivity contribution in [3.05, 3.63) is 60.2 Å². The fourth-order valence-electron chi connectivity index (χ4n) is 2.25. The Hall–Kier alpha value is -1.81. The quantitative estimate of drug-likeness (QED) is 0.257. The third-order valence-corrected chi connectivity index (χ3v) is 5.17. The number of ether oxygens (including phenoxy) is 1. The van der Waals surface area contributed by atoms with Crippen LogP contribution >= 0.6 is 24.0 Å². The van der Waals surface area contributed by atoms with Crippen LogP contribution in [0.3, 0.4) is 0 Å². The second-order valence-electron chi connectivity index (χ2n) is 5.55. The van der Waals surface area contributed by atoms with Crippen molar-refractivity contribution in [3.8, 4) is 5.75 Å². The maximum absolute atomic E-state index is 12.1. The van der Waals surface area contributed by atoms with Crippen molar-refractivity contribution in [1.82, 2.24) is 0 Å². The zero-order valence-corrected chi connectivity index (χ0v) is 17.7. The average Bonchev–Trinajstić information content (AvgIpc) is 2.60. The molecule has 6 nitrogen and oxygen atoms in total. The Bertz CT molecular complexity index is 794. The van der Waals surface area contributed by atoms with E-state index in [1.54, 1.807) is 7.11 Å². The number of nitrogens with two attached hydrogens (primary N) is 1. The molecule has 3 N–H and O–H groups in total. The molecule has 0 aliphatic heterocycles. The topological polar surface area (TPSA) is 93.8 Å². The molecule has 0 aliphatic rings. The molecule has 0 unspecified atom stereocenters. The first-order valence-corrected chi connectivity index (χ1v) is 9.76. The number of guanidine groups is 1. The summed E-state index contributed by atoms with van der Waals surface area (Å²) in [5, 5.41) is 2.95. The third-order valence-electron chi connectivity index (χ3n) is 3.49. The summed E-state index contributed by atoms with van der Waals surface area (Å²) in [6, 6.07) is 16.4. The molecule has 0 spiro atoms. The largest absolute Gasteiger partial charge is 0.497 e. The first-order chi connectivity index (χ1) is 12.0. The van der Waals surface area contributed by atoms with E-state index in [0.717, 1.165) is 17.0 Å². The van der Waals surface area contributed by atoms with Gasteiger partial charge in [-0.3, -0.25) is 4.99 Å². The molecule has 0 fully saturated rings. The molecule has 0 aliphatic carbocycles. The van der Waals surface area contributed by atoms with E-state index in [-0.39, 0.29) is 41.4 Å². The Balaban J connectivity index is 0.00000338. The molecule has 0 aromatic heterocycles. The highest BCUT2D eigenvalue weighted by molar-refractivity contribution is 14.0. The van der Waals surface area contributed by atoms with Gasteiger partial charge in [0.05, 0.1) is 18.6 Å². The monoisotopic (exact) mass is 489 g/mol. The zero-order valence-electron chi connectivity index (χ0n) is 14.6. The van der Waals surface area contributed by atoms with Gasteiger partial charge in [0.1, 0.15) is 5.75 Å². The van der Waals surface area contributed by atoms with Gasteiger partial charge in [-0.2, -0.15) is 0 Å². The number of nitrogens with zero attached hydrogens (tertiary/aromatic N) is 1. The van der Waals surface area contributed by atoms with E-state index in [0.29, 0.717) is 13.0 Å². The zero-order chi connectivity index (χ0) is 18.1. The van der Waals surface area contributed by atoms with Gasteiger partial charge in [0.2, 0.25) is 0 Å². The Morgan fingerprint density at radius 1 is 1.12 bits per heavy atom. The summed E-state index contributed by atoms with van der Waals surface area (Å²) in [6.07, 6.45) is 0.431. The Morgan fingerprint density at radius 3 is 2.38 bits per heavy atom. The van der Waals surface area contributed by atoms with E-state index in [2.05, 4.69) is 10.3 Å². The van der Waals surface area contributed by atoms with Crippen molar-refractivity contribution < 1.29 is 13.2 Å². The molecular weight excluding hydrogens is 465 g/mol. The SMILES string of the molecule is COc1ccc(NC(N)=NCCCS(=O)(=O)Cc2ccccc2)cc1.I. The summed E-state index contributed by atoms with van der Waals surface area (Å²) in [4.78, 5) is 4.16. The van der Waals surface area contributed by atoms with Crippen LogP contribution in [0.4, 0.5) is 5.69 Å². The maximum atomic E-state index is 12.1. The van der Waals surface area contributed by atoms with Crippen molar-refractivity contribution in [3.63, 3.8) is 0 Å². The first-order valence-electron chi connectivity index (χ1n) is 7.94. The summed E-state index contributed by atoms with van der Waals surface area (Å²) < 4.78 is 29.3. The number of nitrogens with one attached hydrogen (secondary N) is 1. The number of hydrogen-bond acceptors (Lipinski definition) is 4. The molecule has 0 radical (unpaired) electrons. The van der Waals surface area contributed by atoms with E-state index in [9.17, 15) is 8.42 Å². The molecule has 0 heterocycles. The first kappa shape index (κ1) is 22.2. The van der Waals surface area contributed by atoms with Crippen LogP contribution in [-0.4, -0.2) is 33.8 Å². The standard InChI is InChI=1S/C18H23N3O3S.HI/c1-24-17-10-8-16(9-11-17)21-18(19)20-12-5-13-25(22,23)14-15-6-3-2-4-7-15;/h2-4,6-11H,5,12-14H2,1H3,(H3,19,20,21);1H. The Labute approximate surface area is 171 Å². The molecule has 2 aromatic carbocycles. The van der Waals surface area contributed by atoms with Crippen molar-refractivity contribution in [2.45, 2.75) is 12.2 Å². The molecular formula is C18H24IN3O3S. The lowest BCUT2D eigenvalue weighted by Gasteiger charge is -2.07. The van der Waals surface area contributed by atoms with Gasteiger partial charge < -0.3 is 15.8 Å². The summed E-state index contributed by atoms with van der Waals surface area (Å²) in [5.41, 5.74) is 7.40.